The highest BCUT2D eigenvalue weighted by Crippen LogP contribution is 2.26. The van der Waals surface area contributed by atoms with E-state index in [1.807, 2.05) is 31.2 Å². The number of carbonyl (C=O) groups is 1. The molecule has 3 aromatic rings. The lowest BCUT2D eigenvalue weighted by atomic mass is 10.1. The predicted octanol–water partition coefficient (Wildman–Crippen LogP) is 4.46. The van der Waals surface area contributed by atoms with Gasteiger partial charge in [-0.25, -0.2) is 14.5 Å². The Labute approximate surface area is 163 Å². The number of carbonyl (C=O) groups excluding carboxylic acids is 1. The van der Waals surface area contributed by atoms with Crippen molar-refractivity contribution in [2.24, 2.45) is 0 Å². The van der Waals surface area contributed by atoms with Crippen molar-refractivity contribution in [1.82, 2.24) is 14.8 Å². The third-order valence-corrected chi connectivity index (χ3v) is 3.78. The van der Waals surface area contributed by atoms with E-state index in [0.717, 1.165) is 16.8 Å². The Morgan fingerprint density at radius 2 is 1.89 bits per heavy atom. The molecule has 1 amide bonds. The minimum atomic E-state index is -0.616. The zero-order chi connectivity index (χ0) is 20.3. The van der Waals surface area contributed by atoms with E-state index < -0.39 is 11.7 Å². The van der Waals surface area contributed by atoms with E-state index in [2.05, 4.69) is 21.5 Å². The largest absolute Gasteiger partial charge is 0.444 e. The third-order valence-electron chi connectivity index (χ3n) is 3.78. The van der Waals surface area contributed by atoms with Crippen LogP contribution in [0.3, 0.4) is 0 Å². The molecule has 1 N–H and O–H groups in total. The topological polar surface area (TPSA) is 92.8 Å². The summed E-state index contributed by atoms with van der Waals surface area (Å²) in [5.74, 6) is 0.806. The maximum atomic E-state index is 12.1. The lowest BCUT2D eigenvalue weighted by Gasteiger charge is -2.19. The van der Waals surface area contributed by atoms with Gasteiger partial charge < -0.3 is 4.74 Å². The molecule has 28 heavy (non-hydrogen) atoms. The van der Waals surface area contributed by atoms with Crippen LogP contribution in [0.25, 0.3) is 17.1 Å². The molecule has 0 unspecified atom stereocenters. The molecule has 142 valence electrons. The first-order valence-corrected chi connectivity index (χ1v) is 8.79. The molecule has 0 atom stereocenters. The number of hydrogen-bond donors (Lipinski definition) is 1. The fourth-order valence-electron chi connectivity index (χ4n) is 2.56. The molecule has 7 nitrogen and oxygen atoms in total. The molecule has 0 fully saturated rings. The van der Waals surface area contributed by atoms with Crippen LogP contribution in [0.5, 0.6) is 0 Å². The zero-order valence-corrected chi connectivity index (χ0v) is 16.2. The van der Waals surface area contributed by atoms with Crippen molar-refractivity contribution in [3.05, 3.63) is 59.8 Å². The lowest BCUT2D eigenvalue weighted by molar-refractivity contribution is 0.0635. The highest BCUT2D eigenvalue weighted by Gasteiger charge is 2.19. The molecule has 0 aliphatic heterocycles. The Balaban J connectivity index is 2.03. The number of benzene rings is 1. The number of hydrogen-bond acceptors (Lipinski definition) is 5. The van der Waals surface area contributed by atoms with Crippen LogP contribution in [0.15, 0.2) is 48.7 Å². The van der Waals surface area contributed by atoms with Gasteiger partial charge in [-0.15, -0.1) is 5.10 Å². The number of nitrogens with one attached hydrogen (secondary N) is 1. The van der Waals surface area contributed by atoms with Crippen molar-refractivity contribution < 1.29 is 9.53 Å². The lowest BCUT2D eigenvalue weighted by Crippen LogP contribution is -2.27. The van der Waals surface area contributed by atoms with Gasteiger partial charge in [0.1, 0.15) is 5.60 Å². The van der Waals surface area contributed by atoms with Crippen molar-refractivity contribution in [2.45, 2.75) is 33.3 Å². The number of aryl methyl sites for hydroxylation is 1. The first kappa shape index (κ1) is 19.1. The Bertz CT molecular complexity index is 1040. The number of rotatable bonds is 3. The van der Waals surface area contributed by atoms with E-state index in [0.29, 0.717) is 17.2 Å². The number of anilines is 1. The van der Waals surface area contributed by atoms with Crippen molar-refractivity contribution >= 4 is 11.9 Å². The minimum absolute atomic E-state index is 0.328. The molecule has 0 saturated carbocycles. The van der Waals surface area contributed by atoms with E-state index in [9.17, 15) is 10.1 Å². The third kappa shape index (κ3) is 4.54. The molecule has 1 aromatic carbocycles. The Hall–Kier alpha value is -3.66. The summed E-state index contributed by atoms with van der Waals surface area (Å²) in [5, 5.41) is 16.3. The quantitative estimate of drug-likeness (QED) is 0.729. The molecule has 0 bridgehead atoms. The number of aromatic nitrogens is 3. The standard InChI is InChI=1S/C21H21N5O2/c1-14-5-7-16(8-6-14)17-12-18(24-20(27)28-21(2,3)4)25-26(17)19-11-15(13-22)9-10-23-19/h5-12H,1-4H3,(H,24,25,27). The van der Waals surface area contributed by atoms with E-state index in [1.165, 1.54) is 0 Å². The average molecular weight is 375 g/mol. The summed E-state index contributed by atoms with van der Waals surface area (Å²) in [6, 6.07) is 15.0. The van der Waals surface area contributed by atoms with Gasteiger partial charge in [-0.05, 0) is 33.8 Å². The molecule has 0 saturated heterocycles. The fourth-order valence-corrected chi connectivity index (χ4v) is 2.56. The molecule has 3 rings (SSSR count). The minimum Gasteiger partial charge on any atom is -0.444 e. The normalized spacial score (nSPS) is 11.0. The summed E-state index contributed by atoms with van der Waals surface area (Å²) in [6.07, 6.45) is 0.960. The van der Waals surface area contributed by atoms with Crippen LogP contribution in [0, 0.1) is 18.3 Å². The van der Waals surface area contributed by atoms with Gasteiger partial charge in [0.2, 0.25) is 0 Å². The zero-order valence-electron chi connectivity index (χ0n) is 16.2. The Kier molecular flexibility index (Phi) is 5.14. The van der Waals surface area contributed by atoms with E-state index in [1.54, 1.807) is 49.8 Å². The van der Waals surface area contributed by atoms with Gasteiger partial charge in [0.05, 0.1) is 17.3 Å². The van der Waals surface area contributed by atoms with Gasteiger partial charge >= 0.3 is 6.09 Å². The van der Waals surface area contributed by atoms with Crippen LogP contribution in [-0.4, -0.2) is 26.5 Å². The number of amides is 1. The summed E-state index contributed by atoms with van der Waals surface area (Å²) in [6.45, 7) is 7.38. The first-order valence-electron chi connectivity index (χ1n) is 8.79. The molecule has 2 heterocycles. The van der Waals surface area contributed by atoms with E-state index in [4.69, 9.17) is 4.74 Å². The number of nitriles is 1. The van der Waals surface area contributed by atoms with Gasteiger partial charge in [-0.3, -0.25) is 5.32 Å². The number of nitrogens with zero attached hydrogens (tertiary/aromatic N) is 4. The van der Waals surface area contributed by atoms with Crippen molar-refractivity contribution in [1.29, 1.82) is 5.26 Å². The summed E-state index contributed by atoms with van der Waals surface area (Å²) in [4.78, 5) is 16.4. The molecule has 0 radical (unpaired) electrons. The summed E-state index contributed by atoms with van der Waals surface area (Å²) < 4.78 is 6.89. The summed E-state index contributed by atoms with van der Waals surface area (Å²) >= 11 is 0. The second-order valence-corrected chi connectivity index (χ2v) is 7.33. The Morgan fingerprint density at radius 3 is 2.54 bits per heavy atom. The van der Waals surface area contributed by atoms with Crippen molar-refractivity contribution in [3.63, 3.8) is 0 Å². The number of pyridine rings is 1. The maximum absolute atomic E-state index is 12.1. The van der Waals surface area contributed by atoms with Crippen molar-refractivity contribution in [2.75, 3.05) is 5.32 Å². The Morgan fingerprint density at radius 1 is 1.18 bits per heavy atom. The molecular formula is C21H21N5O2. The van der Waals surface area contributed by atoms with Gasteiger partial charge in [0, 0.05) is 23.9 Å². The molecule has 0 aliphatic rings. The van der Waals surface area contributed by atoms with Crippen LogP contribution < -0.4 is 5.32 Å². The smallest absolute Gasteiger partial charge is 0.413 e. The maximum Gasteiger partial charge on any atom is 0.413 e. The molecule has 0 spiro atoms. The van der Waals surface area contributed by atoms with Crippen LogP contribution in [-0.2, 0) is 4.74 Å². The van der Waals surface area contributed by atoms with Gasteiger partial charge in [0.25, 0.3) is 0 Å². The predicted molar refractivity (Wildman–Crippen MR) is 106 cm³/mol. The summed E-state index contributed by atoms with van der Waals surface area (Å²) in [7, 11) is 0. The van der Waals surface area contributed by atoms with Crippen LogP contribution in [0.4, 0.5) is 10.6 Å². The summed E-state index contributed by atoms with van der Waals surface area (Å²) in [5.41, 5.74) is 2.62. The highest BCUT2D eigenvalue weighted by molar-refractivity contribution is 5.84. The number of ether oxygens (including phenoxy) is 1. The average Bonchev–Trinajstić information content (AvgIpc) is 3.04. The molecular weight excluding hydrogens is 354 g/mol. The van der Waals surface area contributed by atoms with Gasteiger partial charge in [0.15, 0.2) is 11.6 Å². The van der Waals surface area contributed by atoms with E-state index >= 15 is 0 Å². The van der Waals surface area contributed by atoms with Crippen LogP contribution in [0.1, 0.15) is 31.9 Å². The molecule has 2 aromatic heterocycles. The highest BCUT2D eigenvalue weighted by atomic mass is 16.6. The molecule has 0 aliphatic carbocycles. The van der Waals surface area contributed by atoms with Crippen LogP contribution >= 0.6 is 0 Å². The second kappa shape index (κ2) is 7.53. The van der Waals surface area contributed by atoms with Crippen LogP contribution in [0.2, 0.25) is 0 Å². The molecule has 7 heteroatoms. The van der Waals surface area contributed by atoms with Gasteiger partial charge in [-0.2, -0.15) is 5.26 Å². The van der Waals surface area contributed by atoms with Gasteiger partial charge in [-0.1, -0.05) is 29.8 Å². The fraction of sp³-hybridized carbons (Fsp3) is 0.238. The first-order chi connectivity index (χ1) is 13.2. The second-order valence-electron chi connectivity index (χ2n) is 7.33. The van der Waals surface area contributed by atoms with E-state index in [-0.39, 0.29) is 0 Å². The van der Waals surface area contributed by atoms with Crippen molar-refractivity contribution in [3.8, 4) is 23.1 Å². The SMILES string of the molecule is Cc1ccc(-c2cc(NC(=O)OC(C)(C)C)nn2-c2cc(C#N)ccn2)cc1. The monoisotopic (exact) mass is 375 g/mol.